The fourth-order valence-electron chi connectivity index (χ4n) is 2.95. The number of esters is 1. The molecule has 1 unspecified atom stereocenters. The van der Waals surface area contributed by atoms with E-state index in [4.69, 9.17) is 4.74 Å². The van der Waals surface area contributed by atoms with Crippen molar-refractivity contribution in [1.82, 2.24) is 14.3 Å². The van der Waals surface area contributed by atoms with Gasteiger partial charge in [-0.2, -0.15) is 0 Å². The van der Waals surface area contributed by atoms with E-state index in [-0.39, 0.29) is 11.9 Å². The lowest BCUT2D eigenvalue weighted by Crippen LogP contribution is -2.48. The Balaban J connectivity index is 1.93. The van der Waals surface area contributed by atoms with Crippen molar-refractivity contribution in [2.75, 3.05) is 13.7 Å². The van der Waals surface area contributed by atoms with E-state index < -0.39 is 6.04 Å². The van der Waals surface area contributed by atoms with E-state index in [9.17, 15) is 9.59 Å². The zero-order chi connectivity index (χ0) is 15.7. The van der Waals surface area contributed by atoms with Gasteiger partial charge in [0.1, 0.15) is 17.4 Å². The van der Waals surface area contributed by atoms with Gasteiger partial charge in [0.25, 0.3) is 5.91 Å². The predicted molar refractivity (Wildman–Crippen MR) is 80.6 cm³/mol. The van der Waals surface area contributed by atoms with Crippen molar-refractivity contribution >= 4 is 17.5 Å². The van der Waals surface area contributed by atoms with Crippen molar-refractivity contribution in [3.8, 4) is 0 Å². The number of rotatable bonds is 2. The number of piperidine rings is 1. The maximum atomic E-state index is 12.8. The van der Waals surface area contributed by atoms with Crippen LogP contribution in [0.5, 0.6) is 0 Å². The van der Waals surface area contributed by atoms with Gasteiger partial charge in [0.15, 0.2) is 0 Å². The molecule has 1 saturated heterocycles. The molecule has 1 atom stereocenters. The number of hydrogen-bond acceptors (Lipinski definition) is 4. The molecule has 1 fully saturated rings. The Morgan fingerprint density at radius 1 is 1.32 bits per heavy atom. The van der Waals surface area contributed by atoms with Gasteiger partial charge in [-0.25, -0.2) is 9.78 Å². The predicted octanol–water partition coefficient (Wildman–Crippen LogP) is 1.81. The first-order valence-electron chi connectivity index (χ1n) is 7.45. The molecule has 3 rings (SSSR count). The van der Waals surface area contributed by atoms with Crippen LogP contribution in [0.1, 0.15) is 35.4 Å². The van der Waals surface area contributed by atoms with Crippen molar-refractivity contribution in [2.45, 2.75) is 32.2 Å². The summed E-state index contributed by atoms with van der Waals surface area (Å²) in [4.78, 5) is 30.6. The Kier molecular flexibility index (Phi) is 3.83. The number of aryl methyl sites for hydroxylation is 1. The molecule has 0 saturated carbocycles. The third-order valence-corrected chi connectivity index (χ3v) is 4.15. The summed E-state index contributed by atoms with van der Waals surface area (Å²) in [6.45, 7) is 2.52. The second-order valence-electron chi connectivity index (χ2n) is 5.55. The van der Waals surface area contributed by atoms with Gasteiger partial charge in [-0.1, -0.05) is 6.07 Å². The number of likely N-dealkylation sites (tertiary alicyclic amines) is 1. The molecule has 3 heterocycles. The number of hydrogen-bond donors (Lipinski definition) is 0. The van der Waals surface area contributed by atoms with E-state index in [2.05, 4.69) is 4.98 Å². The molecule has 0 bridgehead atoms. The second-order valence-corrected chi connectivity index (χ2v) is 5.55. The summed E-state index contributed by atoms with van der Waals surface area (Å²) in [5, 5.41) is 0. The monoisotopic (exact) mass is 301 g/mol. The lowest BCUT2D eigenvalue weighted by molar-refractivity contribution is -0.147. The minimum Gasteiger partial charge on any atom is -0.467 e. The molecular formula is C16H19N3O3. The van der Waals surface area contributed by atoms with Crippen LogP contribution in [0.25, 0.3) is 5.65 Å². The van der Waals surface area contributed by atoms with Crippen LogP contribution in [0.15, 0.2) is 24.4 Å². The topological polar surface area (TPSA) is 63.9 Å². The Morgan fingerprint density at radius 3 is 2.86 bits per heavy atom. The first-order valence-corrected chi connectivity index (χ1v) is 7.45. The molecule has 2 aromatic heterocycles. The molecule has 2 aromatic rings. The molecule has 6 heteroatoms. The molecular weight excluding hydrogens is 282 g/mol. The first kappa shape index (κ1) is 14.6. The third kappa shape index (κ3) is 2.45. The number of methoxy groups -OCH3 is 1. The van der Waals surface area contributed by atoms with E-state index in [1.807, 2.05) is 29.5 Å². The number of carbonyl (C=O) groups excluding carboxylic acids is 2. The smallest absolute Gasteiger partial charge is 0.328 e. The lowest BCUT2D eigenvalue weighted by atomic mass is 10.0. The number of aromatic nitrogens is 2. The fraction of sp³-hybridized carbons (Fsp3) is 0.438. The van der Waals surface area contributed by atoms with E-state index in [0.717, 1.165) is 24.2 Å². The average molecular weight is 301 g/mol. The van der Waals surface area contributed by atoms with Gasteiger partial charge < -0.3 is 14.0 Å². The molecule has 0 aromatic carbocycles. The number of fused-ring (bicyclic) bond motifs is 1. The Labute approximate surface area is 128 Å². The minimum atomic E-state index is -0.503. The summed E-state index contributed by atoms with van der Waals surface area (Å²) < 4.78 is 6.70. The summed E-state index contributed by atoms with van der Waals surface area (Å²) in [6.07, 6.45) is 4.19. The first-order chi connectivity index (χ1) is 10.6. The third-order valence-electron chi connectivity index (χ3n) is 4.15. The molecule has 0 spiro atoms. The average Bonchev–Trinajstić information content (AvgIpc) is 2.99. The largest absolute Gasteiger partial charge is 0.467 e. The van der Waals surface area contributed by atoms with Crippen molar-refractivity contribution in [1.29, 1.82) is 0 Å². The number of carbonyl (C=O) groups is 2. The maximum absolute atomic E-state index is 12.8. The van der Waals surface area contributed by atoms with E-state index in [1.54, 1.807) is 11.1 Å². The van der Waals surface area contributed by atoms with Crippen molar-refractivity contribution in [3.05, 3.63) is 35.8 Å². The highest BCUT2D eigenvalue weighted by Gasteiger charge is 2.34. The number of amides is 1. The van der Waals surface area contributed by atoms with Crippen LogP contribution in [-0.4, -0.2) is 45.9 Å². The Morgan fingerprint density at radius 2 is 2.14 bits per heavy atom. The minimum absolute atomic E-state index is 0.210. The van der Waals surface area contributed by atoms with Gasteiger partial charge in [0, 0.05) is 18.4 Å². The van der Waals surface area contributed by atoms with Crippen LogP contribution in [0, 0.1) is 6.92 Å². The number of nitrogens with zero attached hydrogens (tertiary/aromatic N) is 3. The summed E-state index contributed by atoms with van der Waals surface area (Å²) in [6, 6.07) is 5.22. The molecule has 1 aliphatic heterocycles. The quantitative estimate of drug-likeness (QED) is 0.794. The van der Waals surface area contributed by atoms with Crippen LogP contribution in [-0.2, 0) is 9.53 Å². The highest BCUT2D eigenvalue weighted by molar-refractivity contribution is 5.95. The zero-order valence-electron chi connectivity index (χ0n) is 12.8. The fourth-order valence-corrected chi connectivity index (χ4v) is 2.95. The Hall–Kier alpha value is -2.37. The molecule has 116 valence electrons. The van der Waals surface area contributed by atoms with Crippen LogP contribution in [0.2, 0.25) is 0 Å². The summed E-state index contributed by atoms with van der Waals surface area (Å²) in [7, 11) is 1.36. The number of imidazole rings is 1. The maximum Gasteiger partial charge on any atom is 0.328 e. The van der Waals surface area contributed by atoms with Crippen LogP contribution in [0.4, 0.5) is 0 Å². The summed E-state index contributed by atoms with van der Waals surface area (Å²) in [5.74, 6) is -0.564. The van der Waals surface area contributed by atoms with Gasteiger partial charge in [-0.3, -0.25) is 4.79 Å². The van der Waals surface area contributed by atoms with Gasteiger partial charge in [0.2, 0.25) is 0 Å². The van der Waals surface area contributed by atoms with Crippen molar-refractivity contribution < 1.29 is 14.3 Å². The second kappa shape index (κ2) is 5.79. The highest BCUT2D eigenvalue weighted by Crippen LogP contribution is 2.21. The van der Waals surface area contributed by atoms with E-state index in [0.29, 0.717) is 18.7 Å². The van der Waals surface area contributed by atoms with E-state index in [1.165, 1.54) is 7.11 Å². The van der Waals surface area contributed by atoms with Crippen molar-refractivity contribution in [3.63, 3.8) is 0 Å². The molecule has 1 amide bonds. The standard InChI is InChI=1S/C16H19N3O3/c1-11-6-5-8-14-17-12(10-19(11)14)15(20)18-9-4-3-7-13(18)16(21)22-2/h5-6,8,10,13H,3-4,7,9H2,1-2H3. The molecule has 0 radical (unpaired) electrons. The van der Waals surface area contributed by atoms with Gasteiger partial charge in [-0.05, 0) is 38.3 Å². The lowest BCUT2D eigenvalue weighted by Gasteiger charge is -2.33. The van der Waals surface area contributed by atoms with E-state index >= 15 is 0 Å². The highest BCUT2D eigenvalue weighted by atomic mass is 16.5. The van der Waals surface area contributed by atoms with Crippen LogP contribution < -0.4 is 0 Å². The van der Waals surface area contributed by atoms with Gasteiger partial charge >= 0.3 is 5.97 Å². The SMILES string of the molecule is COC(=O)C1CCCCN1C(=O)c1cn2c(C)cccc2n1. The summed E-state index contributed by atoms with van der Waals surface area (Å²) >= 11 is 0. The zero-order valence-corrected chi connectivity index (χ0v) is 12.8. The molecule has 0 N–H and O–H groups in total. The molecule has 0 aliphatic carbocycles. The number of ether oxygens (including phenoxy) is 1. The normalized spacial score (nSPS) is 18.5. The van der Waals surface area contributed by atoms with Gasteiger partial charge in [-0.15, -0.1) is 0 Å². The molecule has 6 nitrogen and oxygen atoms in total. The molecule has 1 aliphatic rings. The molecule has 22 heavy (non-hydrogen) atoms. The van der Waals surface area contributed by atoms with Crippen LogP contribution >= 0.6 is 0 Å². The van der Waals surface area contributed by atoms with Gasteiger partial charge in [0.05, 0.1) is 7.11 Å². The number of pyridine rings is 1. The Bertz CT molecular complexity index is 722. The summed E-state index contributed by atoms with van der Waals surface area (Å²) in [5.41, 5.74) is 2.10. The van der Waals surface area contributed by atoms with Crippen molar-refractivity contribution in [2.24, 2.45) is 0 Å². The van der Waals surface area contributed by atoms with Crippen LogP contribution in [0.3, 0.4) is 0 Å².